The molecule has 1 heterocycles. The fraction of sp³-hybridized carbons (Fsp3) is 0.444. The summed E-state index contributed by atoms with van der Waals surface area (Å²) in [6.45, 7) is 1.53. The highest BCUT2D eigenvalue weighted by Gasteiger charge is 2.31. The van der Waals surface area contributed by atoms with Crippen LogP contribution in [0.5, 0.6) is 0 Å². The van der Waals surface area contributed by atoms with Crippen molar-refractivity contribution < 1.29 is 22.7 Å². The maximum atomic E-state index is 11.6. The van der Waals surface area contributed by atoms with Gasteiger partial charge in [0.2, 0.25) is 0 Å². The Morgan fingerprint density at radius 3 is 2.67 bits per heavy atom. The second-order valence-electron chi connectivity index (χ2n) is 3.12. The molecule has 1 atom stereocenters. The molecule has 0 aliphatic carbocycles. The molecule has 0 aliphatic heterocycles. The third kappa shape index (κ3) is 2.82. The van der Waals surface area contributed by atoms with E-state index in [0.29, 0.717) is 0 Å². The largest absolute Gasteiger partial charge is 0.480 e. The van der Waals surface area contributed by atoms with Crippen LogP contribution in [0.3, 0.4) is 0 Å². The SMILES string of the molecule is CCC(C(=O)O)S(=O)(=O)Cc1ccco1. The van der Waals surface area contributed by atoms with Gasteiger partial charge in [-0.2, -0.15) is 0 Å². The first-order valence-corrected chi connectivity index (χ1v) is 6.15. The zero-order valence-corrected chi connectivity index (χ0v) is 9.03. The van der Waals surface area contributed by atoms with E-state index in [2.05, 4.69) is 0 Å². The maximum absolute atomic E-state index is 11.6. The minimum absolute atomic E-state index is 0.0539. The first-order chi connectivity index (χ1) is 6.97. The smallest absolute Gasteiger partial charge is 0.321 e. The van der Waals surface area contributed by atoms with E-state index in [9.17, 15) is 13.2 Å². The van der Waals surface area contributed by atoms with E-state index in [1.165, 1.54) is 19.3 Å². The summed E-state index contributed by atoms with van der Waals surface area (Å²) in [5, 5.41) is 7.37. The van der Waals surface area contributed by atoms with Gasteiger partial charge in [0.25, 0.3) is 0 Å². The first-order valence-electron chi connectivity index (χ1n) is 4.44. The lowest BCUT2D eigenvalue weighted by atomic mass is 10.3. The van der Waals surface area contributed by atoms with Crippen LogP contribution in [0.15, 0.2) is 22.8 Å². The van der Waals surface area contributed by atoms with Gasteiger partial charge in [0, 0.05) is 0 Å². The van der Waals surface area contributed by atoms with Crippen molar-refractivity contribution in [3.05, 3.63) is 24.2 Å². The Labute approximate surface area is 87.6 Å². The van der Waals surface area contributed by atoms with Gasteiger partial charge < -0.3 is 9.52 Å². The Balaban J connectivity index is 2.87. The molecule has 5 nitrogen and oxygen atoms in total. The van der Waals surface area contributed by atoms with Gasteiger partial charge in [-0.05, 0) is 18.6 Å². The highest BCUT2D eigenvalue weighted by molar-refractivity contribution is 7.92. The maximum Gasteiger partial charge on any atom is 0.321 e. The van der Waals surface area contributed by atoms with Gasteiger partial charge in [0.1, 0.15) is 11.5 Å². The minimum Gasteiger partial charge on any atom is -0.480 e. The number of hydrogen-bond acceptors (Lipinski definition) is 4. The van der Waals surface area contributed by atoms with Crippen molar-refractivity contribution in [1.82, 2.24) is 0 Å². The van der Waals surface area contributed by atoms with Gasteiger partial charge in [-0.25, -0.2) is 8.42 Å². The molecule has 0 spiro atoms. The molecule has 0 aliphatic rings. The van der Waals surface area contributed by atoms with Crippen molar-refractivity contribution in [2.75, 3.05) is 0 Å². The highest BCUT2D eigenvalue weighted by atomic mass is 32.2. The first kappa shape index (κ1) is 11.8. The van der Waals surface area contributed by atoms with Gasteiger partial charge >= 0.3 is 5.97 Å². The lowest BCUT2D eigenvalue weighted by Crippen LogP contribution is -2.30. The molecule has 1 N–H and O–H groups in total. The molecule has 15 heavy (non-hydrogen) atoms. The Hall–Kier alpha value is -1.30. The summed E-state index contributed by atoms with van der Waals surface area (Å²) in [6, 6.07) is 3.07. The number of aliphatic carboxylic acids is 1. The molecular formula is C9H12O5S. The molecule has 0 radical (unpaired) electrons. The highest BCUT2D eigenvalue weighted by Crippen LogP contribution is 2.14. The lowest BCUT2D eigenvalue weighted by Gasteiger charge is -2.09. The zero-order valence-electron chi connectivity index (χ0n) is 8.21. The predicted octanol–water partition coefficient (Wildman–Crippen LogP) is 1.06. The summed E-state index contributed by atoms with van der Waals surface area (Å²) in [6.07, 6.45) is 1.41. The topological polar surface area (TPSA) is 84.6 Å². The Morgan fingerprint density at radius 1 is 1.60 bits per heavy atom. The molecule has 0 aromatic carbocycles. The van der Waals surface area contributed by atoms with Crippen LogP contribution in [0.4, 0.5) is 0 Å². The van der Waals surface area contributed by atoms with Crippen molar-refractivity contribution in [3.8, 4) is 0 Å². The second-order valence-corrected chi connectivity index (χ2v) is 5.31. The normalized spacial score (nSPS) is 13.7. The van der Waals surface area contributed by atoms with Crippen molar-refractivity contribution in [2.45, 2.75) is 24.3 Å². The van der Waals surface area contributed by atoms with E-state index >= 15 is 0 Å². The summed E-state index contributed by atoms with van der Waals surface area (Å²) < 4.78 is 28.1. The summed E-state index contributed by atoms with van der Waals surface area (Å²) >= 11 is 0. The van der Waals surface area contributed by atoms with Crippen LogP contribution in [0, 0.1) is 0 Å². The van der Waals surface area contributed by atoms with E-state index in [4.69, 9.17) is 9.52 Å². The molecule has 0 fully saturated rings. The van der Waals surface area contributed by atoms with Crippen LogP contribution < -0.4 is 0 Å². The van der Waals surface area contributed by atoms with Crippen LogP contribution in [0.1, 0.15) is 19.1 Å². The Kier molecular flexibility index (Phi) is 3.52. The molecular weight excluding hydrogens is 220 g/mol. The van der Waals surface area contributed by atoms with Crippen molar-refractivity contribution in [2.24, 2.45) is 0 Å². The monoisotopic (exact) mass is 232 g/mol. The summed E-state index contributed by atoms with van der Waals surface area (Å²) in [7, 11) is -3.69. The molecule has 0 bridgehead atoms. The Bertz CT molecular complexity index is 417. The number of carboxylic acids is 1. The fourth-order valence-electron chi connectivity index (χ4n) is 1.28. The number of rotatable bonds is 5. The zero-order chi connectivity index (χ0) is 11.5. The van der Waals surface area contributed by atoms with Gasteiger partial charge in [0.05, 0.1) is 6.26 Å². The molecule has 1 unspecified atom stereocenters. The summed E-state index contributed by atoms with van der Waals surface area (Å²) in [4.78, 5) is 10.7. The average molecular weight is 232 g/mol. The standard InChI is InChI=1S/C9H12O5S/c1-2-8(9(10)11)15(12,13)6-7-4-3-5-14-7/h3-5,8H,2,6H2,1H3,(H,10,11). The predicted molar refractivity (Wildman–Crippen MR) is 53.0 cm³/mol. The van der Waals surface area contributed by atoms with Gasteiger partial charge in [0.15, 0.2) is 15.1 Å². The molecule has 6 heteroatoms. The molecule has 0 amide bonds. The quantitative estimate of drug-likeness (QED) is 0.820. The second kappa shape index (κ2) is 4.48. The average Bonchev–Trinajstić information content (AvgIpc) is 2.55. The van der Waals surface area contributed by atoms with Gasteiger partial charge in [-0.1, -0.05) is 6.92 Å². The van der Waals surface area contributed by atoms with Gasteiger partial charge in [-0.15, -0.1) is 0 Å². The molecule has 1 aromatic rings. The van der Waals surface area contributed by atoms with E-state index < -0.39 is 21.1 Å². The number of furan rings is 1. The van der Waals surface area contributed by atoms with E-state index in [1.807, 2.05) is 0 Å². The van der Waals surface area contributed by atoms with E-state index in [-0.39, 0.29) is 17.9 Å². The molecule has 1 aromatic heterocycles. The fourth-order valence-corrected chi connectivity index (χ4v) is 2.85. The minimum atomic E-state index is -3.69. The van der Waals surface area contributed by atoms with Crippen molar-refractivity contribution >= 4 is 15.8 Å². The van der Waals surface area contributed by atoms with E-state index in [0.717, 1.165) is 0 Å². The van der Waals surface area contributed by atoms with Gasteiger partial charge in [-0.3, -0.25) is 4.79 Å². The summed E-state index contributed by atoms with van der Waals surface area (Å²) in [5.74, 6) is -1.43. The van der Waals surface area contributed by atoms with Crippen LogP contribution in [0.25, 0.3) is 0 Å². The molecule has 84 valence electrons. The number of sulfone groups is 1. The van der Waals surface area contributed by atoms with Crippen molar-refractivity contribution in [3.63, 3.8) is 0 Å². The number of carbonyl (C=O) groups is 1. The summed E-state index contributed by atoms with van der Waals surface area (Å²) in [5.41, 5.74) is 0. The van der Waals surface area contributed by atoms with E-state index in [1.54, 1.807) is 6.07 Å². The Morgan fingerprint density at radius 2 is 2.27 bits per heavy atom. The van der Waals surface area contributed by atoms with Crippen LogP contribution in [0.2, 0.25) is 0 Å². The third-order valence-corrected chi connectivity index (χ3v) is 4.09. The number of carboxylic acid groups (broad SMARTS) is 1. The lowest BCUT2D eigenvalue weighted by molar-refractivity contribution is -0.136. The molecule has 0 saturated carbocycles. The van der Waals surface area contributed by atoms with Crippen molar-refractivity contribution in [1.29, 1.82) is 0 Å². The molecule has 1 rings (SSSR count). The van der Waals surface area contributed by atoms with Crippen LogP contribution in [-0.4, -0.2) is 24.7 Å². The van der Waals surface area contributed by atoms with Crippen LogP contribution in [-0.2, 0) is 20.4 Å². The third-order valence-electron chi connectivity index (χ3n) is 2.00. The van der Waals surface area contributed by atoms with Crippen LogP contribution >= 0.6 is 0 Å². The number of hydrogen-bond donors (Lipinski definition) is 1. The molecule has 0 saturated heterocycles.